The third kappa shape index (κ3) is 1.35. The van der Waals surface area contributed by atoms with Crippen LogP contribution in [-0.2, 0) is 9.53 Å². The molecule has 0 unspecified atom stereocenters. The summed E-state index contributed by atoms with van der Waals surface area (Å²) in [7, 11) is 0. The molecular formula is C12H13NO2. The monoisotopic (exact) mass is 203 g/mol. The molecule has 1 aromatic rings. The molecule has 78 valence electrons. The van der Waals surface area contributed by atoms with E-state index >= 15 is 0 Å². The van der Waals surface area contributed by atoms with Crippen LogP contribution in [0.1, 0.15) is 24.6 Å². The maximum Gasteiger partial charge on any atom is 0.225 e. The maximum atomic E-state index is 11.7. The van der Waals surface area contributed by atoms with Crippen LogP contribution in [0, 0.1) is 0 Å². The Labute approximate surface area is 88.6 Å². The van der Waals surface area contributed by atoms with E-state index in [1.807, 2.05) is 35.2 Å². The van der Waals surface area contributed by atoms with Crippen LogP contribution in [0.4, 0.5) is 0 Å². The summed E-state index contributed by atoms with van der Waals surface area (Å²) in [6, 6.07) is 10.3. The lowest BCUT2D eigenvalue weighted by atomic mass is 10.2. The van der Waals surface area contributed by atoms with Crippen molar-refractivity contribution in [3.05, 3.63) is 35.9 Å². The Balaban J connectivity index is 1.92. The van der Waals surface area contributed by atoms with Crippen molar-refractivity contribution in [2.75, 3.05) is 6.61 Å². The third-order valence-corrected chi connectivity index (χ3v) is 3.16. The SMILES string of the molecule is O=C1CC[C@H]2CO[C@@H](c3ccccc3)N12. The number of benzene rings is 1. The van der Waals surface area contributed by atoms with E-state index in [0.717, 1.165) is 12.0 Å². The van der Waals surface area contributed by atoms with Gasteiger partial charge in [-0.3, -0.25) is 4.79 Å². The summed E-state index contributed by atoms with van der Waals surface area (Å²) >= 11 is 0. The zero-order valence-corrected chi connectivity index (χ0v) is 8.43. The summed E-state index contributed by atoms with van der Waals surface area (Å²) in [6.07, 6.45) is 1.48. The molecule has 2 heterocycles. The normalized spacial score (nSPS) is 29.6. The average molecular weight is 203 g/mol. The van der Waals surface area contributed by atoms with Gasteiger partial charge in [0.05, 0.1) is 12.6 Å². The molecule has 0 saturated carbocycles. The van der Waals surface area contributed by atoms with E-state index in [9.17, 15) is 4.79 Å². The maximum absolute atomic E-state index is 11.7. The molecule has 3 heteroatoms. The molecule has 15 heavy (non-hydrogen) atoms. The first-order chi connectivity index (χ1) is 7.36. The lowest BCUT2D eigenvalue weighted by Crippen LogP contribution is -2.30. The molecule has 2 aliphatic heterocycles. The predicted octanol–water partition coefficient (Wildman–Crippen LogP) is 1.71. The van der Waals surface area contributed by atoms with Gasteiger partial charge in [-0.2, -0.15) is 0 Å². The van der Waals surface area contributed by atoms with E-state index in [0.29, 0.717) is 19.1 Å². The third-order valence-electron chi connectivity index (χ3n) is 3.16. The van der Waals surface area contributed by atoms with Gasteiger partial charge >= 0.3 is 0 Å². The van der Waals surface area contributed by atoms with Crippen LogP contribution in [0.5, 0.6) is 0 Å². The quantitative estimate of drug-likeness (QED) is 0.695. The van der Waals surface area contributed by atoms with E-state index in [1.165, 1.54) is 0 Å². The average Bonchev–Trinajstić information content (AvgIpc) is 2.84. The highest BCUT2D eigenvalue weighted by molar-refractivity contribution is 5.79. The zero-order chi connectivity index (χ0) is 10.3. The molecule has 0 radical (unpaired) electrons. The Morgan fingerprint density at radius 1 is 1.27 bits per heavy atom. The number of fused-ring (bicyclic) bond motifs is 1. The van der Waals surface area contributed by atoms with Crippen LogP contribution < -0.4 is 0 Å². The number of nitrogens with zero attached hydrogens (tertiary/aromatic N) is 1. The second-order valence-electron chi connectivity index (χ2n) is 4.09. The van der Waals surface area contributed by atoms with E-state index in [2.05, 4.69) is 0 Å². The minimum atomic E-state index is -0.147. The molecule has 1 amide bonds. The Morgan fingerprint density at radius 3 is 2.87 bits per heavy atom. The summed E-state index contributed by atoms with van der Waals surface area (Å²) in [6.45, 7) is 0.686. The van der Waals surface area contributed by atoms with Gasteiger partial charge in [0, 0.05) is 12.0 Å². The standard InChI is InChI=1S/C12H13NO2/c14-11-7-6-10-8-15-12(13(10)11)9-4-2-1-3-5-9/h1-5,10,12H,6-8H2/t10-,12-/m0/s1. The van der Waals surface area contributed by atoms with Crippen LogP contribution in [0.25, 0.3) is 0 Å². The Kier molecular flexibility index (Phi) is 1.99. The number of hydrogen-bond acceptors (Lipinski definition) is 2. The van der Waals surface area contributed by atoms with Gasteiger partial charge in [0.25, 0.3) is 0 Å². The Morgan fingerprint density at radius 2 is 2.07 bits per heavy atom. The number of hydrogen-bond donors (Lipinski definition) is 0. The van der Waals surface area contributed by atoms with Gasteiger partial charge in [-0.25, -0.2) is 0 Å². The second-order valence-corrected chi connectivity index (χ2v) is 4.09. The molecule has 0 aromatic heterocycles. The molecule has 3 nitrogen and oxygen atoms in total. The highest BCUT2D eigenvalue weighted by Crippen LogP contribution is 2.36. The van der Waals surface area contributed by atoms with Crippen molar-refractivity contribution in [1.29, 1.82) is 0 Å². The van der Waals surface area contributed by atoms with Crippen molar-refractivity contribution in [2.24, 2.45) is 0 Å². The summed E-state index contributed by atoms with van der Waals surface area (Å²) < 4.78 is 5.68. The molecule has 1 aromatic carbocycles. The molecule has 2 saturated heterocycles. The van der Waals surface area contributed by atoms with Crippen LogP contribution in [0.3, 0.4) is 0 Å². The van der Waals surface area contributed by atoms with Gasteiger partial charge in [0.2, 0.25) is 5.91 Å². The summed E-state index contributed by atoms with van der Waals surface area (Å²) in [5.74, 6) is 0.228. The number of amides is 1. The smallest absolute Gasteiger partial charge is 0.225 e. The number of ether oxygens (including phenoxy) is 1. The van der Waals surface area contributed by atoms with E-state index in [1.54, 1.807) is 0 Å². The molecular weight excluding hydrogens is 190 g/mol. The lowest BCUT2D eigenvalue weighted by molar-refractivity contribution is -0.134. The second kappa shape index (κ2) is 3.35. The topological polar surface area (TPSA) is 29.5 Å². The van der Waals surface area contributed by atoms with Gasteiger partial charge in [0.15, 0.2) is 6.23 Å². The molecule has 0 spiro atoms. The fraction of sp³-hybridized carbons (Fsp3) is 0.417. The molecule has 0 bridgehead atoms. The first-order valence-corrected chi connectivity index (χ1v) is 5.34. The minimum absolute atomic E-state index is 0.147. The van der Waals surface area contributed by atoms with E-state index in [-0.39, 0.29) is 12.1 Å². The number of carbonyl (C=O) groups is 1. The molecule has 2 atom stereocenters. The van der Waals surface area contributed by atoms with Crippen LogP contribution in [0.15, 0.2) is 30.3 Å². The first-order valence-electron chi connectivity index (χ1n) is 5.34. The Hall–Kier alpha value is -1.35. The van der Waals surface area contributed by atoms with Crippen molar-refractivity contribution in [3.8, 4) is 0 Å². The van der Waals surface area contributed by atoms with Crippen molar-refractivity contribution in [1.82, 2.24) is 4.90 Å². The van der Waals surface area contributed by atoms with Crippen molar-refractivity contribution < 1.29 is 9.53 Å². The van der Waals surface area contributed by atoms with Gasteiger partial charge in [0.1, 0.15) is 0 Å². The fourth-order valence-electron chi connectivity index (χ4n) is 2.40. The largest absolute Gasteiger partial charge is 0.352 e. The number of carbonyl (C=O) groups excluding carboxylic acids is 1. The highest BCUT2D eigenvalue weighted by atomic mass is 16.5. The minimum Gasteiger partial charge on any atom is -0.352 e. The zero-order valence-electron chi connectivity index (χ0n) is 8.43. The molecule has 2 fully saturated rings. The van der Waals surface area contributed by atoms with Crippen molar-refractivity contribution in [3.63, 3.8) is 0 Å². The van der Waals surface area contributed by atoms with Crippen molar-refractivity contribution >= 4 is 5.91 Å². The van der Waals surface area contributed by atoms with E-state index < -0.39 is 0 Å². The van der Waals surface area contributed by atoms with E-state index in [4.69, 9.17) is 4.74 Å². The number of rotatable bonds is 1. The summed E-state index contributed by atoms with van der Waals surface area (Å²) in [5, 5.41) is 0. The molecule has 0 N–H and O–H groups in total. The molecule has 2 aliphatic rings. The fourth-order valence-corrected chi connectivity index (χ4v) is 2.40. The highest BCUT2D eigenvalue weighted by Gasteiger charge is 2.42. The van der Waals surface area contributed by atoms with Crippen LogP contribution >= 0.6 is 0 Å². The van der Waals surface area contributed by atoms with Crippen molar-refractivity contribution in [2.45, 2.75) is 25.1 Å². The summed E-state index contributed by atoms with van der Waals surface area (Å²) in [5.41, 5.74) is 1.08. The van der Waals surface area contributed by atoms with Gasteiger partial charge in [-0.1, -0.05) is 30.3 Å². The lowest BCUT2D eigenvalue weighted by Gasteiger charge is -2.22. The summed E-state index contributed by atoms with van der Waals surface area (Å²) in [4.78, 5) is 13.6. The van der Waals surface area contributed by atoms with Gasteiger partial charge in [-0.05, 0) is 6.42 Å². The Bertz CT molecular complexity index is 376. The van der Waals surface area contributed by atoms with Gasteiger partial charge in [-0.15, -0.1) is 0 Å². The predicted molar refractivity (Wildman–Crippen MR) is 55.0 cm³/mol. The van der Waals surface area contributed by atoms with Gasteiger partial charge < -0.3 is 9.64 Å². The van der Waals surface area contributed by atoms with Crippen LogP contribution in [-0.4, -0.2) is 23.5 Å². The van der Waals surface area contributed by atoms with Crippen LogP contribution in [0.2, 0.25) is 0 Å². The molecule has 0 aliphatic carbocycles. The first kappa shape index (κ1) is 8.92. The molecule has 3 rings (SSSR count).